The first-order chi connectivity index (χ1) is 11.7. The minimum absolute atomic E-state index is 0.0131. The fourth-order valence-corrected chi connectivity index (χ4v) is 3.92. The zero-order valence-corrected chi connectivity index (χ0v) is 13.5. The molecule has 2 N–H and O–H groups in total. The molecule has 1 aliphatic heterocycles. The van der Waals surface area contributed by atoms with Crippen LogP contribution in [0.25, 0.3) is 16.6 Å². The molecule has 0 saturated heterocycles. The van der Waals surface area contributed by atoms with Gasteiger partial charge >= 0.3 is 13.1 Å². The SMILES string of the molecule is COC(=O)C1CCC(C2=CB(O)Oc3cnc4[nH]ccc4c32)CC1. The monoisotopic (exact) mass is 326 g/mol. The van der Waals surface area contributed by atoms with Crippen molar-refractivity contribution in [2.75, 3.05) is 7.11 Å². The fraction of sp³-hybridized carbons (Fsp3) is 0.412. The van der Waals surface area contributed by atoms with E-state index in [-0.39, 0.29) is 11.9 Å². The molecule has 2 aromatic heterocycles. The summed E-state index contributed by atoms with van der Waals surface area (Å²) < 4.78 is 10.4. The van der Waals surface area contributed by atoms with Gasteiger partial charge in [-0.2, -0.15) is 0 Å². The molecule has 1 aliphatic carbocycles. The maximum atomic E-state index is 11.7. The molecule has 1 fully saturated rings. The van der Waals surface area contributed by atoms with Crippen LogP contribution in [0.15, 0.2) is 24.4 Å². The number of ether oxygens (including phenoxy) is 1. The third-order valence-corrected chi connectivity index (χ3v) is 5.11. The van der Waals surface area contributed by atoms with Gasteiger partial charge in [-0.05, 0) is 49.2 Å². The summed E-state index contributed by atoms with van der Waals surface area (Å²) in [6.07, 6.45) is 6.92. The lowest BCUT2D eigenvalue weighted by molar-refractivity contribution is -0.146. The summed E-state index contributed by atoms with van der Waals surface area (Å²) in [5.41, 5.74) is 2.91. The molecule has 0 atom stereocenters. The second kappa shape index (κ2) is 5.98. The first kappa shape index (κ1) is 15.3. The summed E-state index contributed by atoms with van der Waals surface area (Å²) >= 11 is 0. The molecule has 4 rings (SSSR count). The molecule has 0 radical (unpaired) electrons. The van der Waals surface area contributed by atoms with Crippen LogP contribution in [-0.2, 0) is 9.53 Å². The number of aromatic nitrogens is 2. The largest absolute Gasteiger partial charge is 0.552 e. The summed E-state index contributed by atoms with van der Waals surface area (Å²) in [6.45, 7) is 0. The maximum absolute atomic E-state index is 11.7. The molecule has 3 heterocycles. The van der Waals surface area contributed by atoms with Gasteiger partial charge in [-0.25, -0.2) is 4.98 Å². The van der Waals surface area contributed by atoms with E-state index in [4.69, 9.17) is 9.39 Å². The van der Waals surface area contributed by atoms with Crippen LogP contribution >= 0.6 is 0 Å². The summed E-state index contributed by atoms with van der Waals surface area (Å²) in [6, 6.07) is 1.98. The van der Waals surface area contributed by atoms with Crippen molar-refractivity contribution in [3.05, 3.63) is 30.0 Å². The van der Waals surface area contributed by atoms with E-state index in [0.29, 0.717) is 11.7 Å². The Hall–Kier alpha value is -2.28. The van der Waals surface area contributed by atoms with E-state index in [9.17, 15) is 9.82 Å². The van der Waals surface area contributed by atoms with Gasteiger partial charge < -0.3 is 19.4 Å². The van der Waals surface area contributed by atoms with Crippen LogP contribution < -0.4 is 4.65 Å². The Morgan fingerprint density at radius 2 is 2.21 bits per heavy atom. The Morgan fingerprint density at radius 1 is 1.42 bits per heavy atom. The highest BCUT2D eigenvalue weighted by atomic mass is 16.5. The fourth-order valence-electron chi connectivity index (χ4n) is 3.92. The Labute approximate surface area is 140 Å². The van der Waals surface area contributed by atoms with Gasteiger partial charge in [-0.3, -0.25) is 4.79 Å². The lowest BCUT2D eigenvalue weighted by Gasteiger charge is -2.32. The van der Waals surface area contributed by atoms with Crippen molar-refractivity contribution in [1.82, 2.24) is 9.97 Å². The van der Waals surface area contributed by atoms with Crippen molar-refractivity contribution in [2.45, 2.75) is 25.7 Å². The van der Waals surface area contributed by atoms with E-state index in [2.05, 4.69) is 9.97 Å². The zero-order valence-electron chi connectivity index (χ0n) is 13.5. The molecule has 0 amide bonds. The predicted octanol–water partition coefficient (Wildman–Crippen LogP) is 2.34. The number of nitrogens with zero attached hydrogens (tertiary/aromatic N) is 1. The van der Waals surface area contributed by atoms with Gasteiger partial charge in [0.2, 0.25) is 0 Å². The number of carbonyl (C=O) groups is 1. The van der Waals surface area contributed by atoms with Gasteiger partial charge in [-0.15, -0.1) is 0 Å². The Bertz CT molecular complexity index is 808. The molecule has 124 valence electrons. The molecule has 0 aromatic carbocycles. The van der Waals surface area contributed by atoms with Gasteiger partial charge in [0.1, 0.15) is 11.4 Å². The average molecular weight is 326 g/mol. The quantitative estimate of drug-likeness (QED) is 0.654. The molecule has 0 unspecified atom stereocenters. The molecule has 0 spiro atoms. The van der Waals surface area contributed by atoms with Crippen LogP contribution in [0.1, 0.15) is 31.2 Å². The van der Waals surface area contributed by atoms with Crippen LogP contribution in [0.2, 0.25) is 0 Å². The van der Waals surface area contributed by atoms with Crippen molar-refractivity contribution in [2.24, 2.45) is 11.8 Å². The first-order valence-electron chi connectivity index (χ1n) is 8.28. The number of hydrogen-bond donors (Lipinski definition) is 2. The Balaban J connectivity index is 1.67. The molecule has 2 aliphatic rings. The standard InChI is InChI=1S/C17H19BN2O4/c1-23-17(21)11-4-2-10(3-5-11)13-8-18(22)24-14-9-20-16-12(15(13)14)6-7-19-16/h6-11,22H,2-5H2,1H3,(H,19,20). The third-order valence-electron chi connectivity index (χ3n) is 5.11. The minimum Gasteiger partial charge on any atom is -0.531 e. The summed E-state index contributed by atoms with van der Waals surface area (Å²) in [7, 11) is 0.488. The maximum Gasteiger partial charge on any atom is 0.552 e. The van der Waals surface area contributed by atoms with E-state index in [0.717, 1.165) is 47.9 Å². The number of esters is 1. The molecule has 2 aromatic rings. The molecule has 1 saturated carbocycles. The topological polar surface area (TPSA) is 84.4 Å². The summed E-state index contributed by atoms with van der Waals surface area (Å²) in [5.74, 6) is 2.57. The minimum atomic E-state index is -0.955. The van der Waals surface area contributed by atoms with Crippen molar-refractivity contribution in [3.8, 4) is 5.75 Å². The van der Waals surface area contributed by atoms with Crippen LogP contribution in [0.3, 0.4) is 0 Å². The van der Waals surface area contributed by atoms with Gasteiger partial charge in [-0.1, -0.05) is 0 Å². The first-order valence-corrected chi connectivity index (χ1v) is 8.28. The Kier molecular flexibility index (Phi) is 3.80. The van der Waals surface area contributed by atoms with Crippen LogP contribution in [0, 0.1) is 11.8 Å². The van der Waals surface area contributed by atoms with Crippen LogP contribution in [0.4, 0.5) is 0 Å². The number of pyridine rings is 1. The molecule has 0 bridgehead atoms. The van der Waals surface area contributed by atoms with Crippen LogP contribution in [0.5, 0.6) is 5.75 Å². The van der Waals surface area contributed by atoms with Crippen LogP contribution in [-0.4, -0.2) is 35.2 Å². The zero-order chi connectivity index (χ0) is 16.7. The summed E-state index contributed by atoms with van der Waals surface area (Å²) in [5, 5.41) is 11.1. The van der Waals surface area contributed by atoms with E-state index in [1.54, 1.807) is 12.2 Å². The highest BCUT2D eigenvalue weighted by molar-refractivity contribution is 6.52. The molecule has 6 nitrogen and oxygen atoms in total. The number of aromatic amines is 1. The number of H-pyrrole nitrogens is 1. The van der Waals surface area contributed by atoms with Crippen molar-refractivity contribution >= 4 is 29.7 Å². The van der Waals surface area contributed by atoms with Gasteiger partial charge in [0, 0.05) is 17.1 Å². The highest BCUT2D eigenvalue weighted by Crippen LogP contribution is 2.44. The number of allylic oxidation sites excluding steroid dienone is 1. The van der Waals surface area contributed by atoms with Gasteiger partial charge in [0.25, 0.3) is 0 Å². The lowest BCUT2D eigenvalue weighted by atomic mass is 9.71. The number of carbonyl (C=O) groups excluding carboxylic acids is 1. The lowest BCUT2D eigenvalue weighted by Crippen LogP contribution is -2.28. The molecule has 7 heteroatoms. The number of nitrogens with one attached hydrogen (secondary N) is 1. The van der Waals surface area contributed by atoms with Gasteiger partial charge in [0.15, 0.2) is 0 Å². The van der Waals surface area contributed by atoms with Crippen molar-refractivity contribution in [3.63, 3.8) is 0 Å². The van der Waals surface area contributed by atoms with Crippen molar-refractivity contribution in [1.29, 1.82) is 0 Å². The van der Waals surface area contributed by atoms with E-state index in [1.165, 1.54) is 7.11 Å². The number of rotatable bonds is 2. The third kappa shape index (κ3) is 2.49. The smallest absolute Gasteiger partial charge is 0.531 e. The van der Waals surface area contributed by atoms with E-state index in [1.807, 2.05) is 12.3 Å². The number of methoxy groups -OCH3 is 1. The predicted molar refractivity (Wildman–Crippen MR) is 90.1 cm³/mol. The molecular weight excluding hydrogens is 307 g/mol. The average Bonchev–Trinajstić information content (AvgIpc) is 3.09. The normalized spacial score (nSPS) is 23.4. The highest BCUT2D eigenvalue weighted by Gasteiger charge is 2.34. The Morgan fingerprint density at radius 3 is 2.96 bits per heavy atom. The van der Waals surface area contributed by atoms with E-state index < -0.39 is 7.12 Å². The molecular formula is C17H19BN2O4. The second-order valence-corrected chi connectivity index (χ2v) is 6.44. The van der Waals surface area contributed by atoms with Crippen molar-refractivity contribution < 1.29 is 19.2 Å². The number of fused-ring (bicyclic) bond motifs is 3. The van der Waals surface area contributed by atoms with Gasteiger partial charge in [0.05, 0.1) is 19.2 Å². The second-order valence-electron chi connectivity index (χ2n) is 6.44. The number of hydrogen-bond acceptors (Lipinski definition) is 5. The molecule has 24 heavy (non-hydrogen) atoms. The summed E-state index contributed by atoms with van der Waals surface area (Å²) in [4.78, 5) is 19.2. The van der Waals surface area contributed by atoms with E-state index >= 15 is 0 Å².